The maximum atomic E-state index is 13.7. The first kappa shape index (κ1) is 12.0. The number of benzene rings is 1. The normalized spacial score (nSPS) is 10.4. The van der Waals surface area contributed by atoms with E-state index >= 15 is 0 Å². The molecule has 0 aliphatic carbocycles. The quantitative estimate of drug-likeness (QED) is 0.728. The van der Waals surface area contributed by atoms with E-state index in [1.165, 1.54) is 12.1 Å². The zero-order valence-corrected chi connectivity index (χ0v) is 9.34. The number of rotatable bonds is 1. The maximum Gasteiger partial charge on any atom is 0.182 e. The highest BCUT2D eigenvalue weighted by atomic mass is 19.1. The van der Waals surface area contributed by atoms with Crippen molar-refractivity contribution in [1.29, 1.82) is 10.5 Å². The number of nitrogens with zero attached hydrogens (tertiary/aromatic N) is 2. The second-order valence-corrected chi connectivity index (χ2v) is 4.27. The van der Waals surface area contributed by atoms with Crippen LogP contribution in [0, 0.1) is 28.5 Å². The fourth-order valence-electron chi connectivity index (χ4n) is 1.15. The largest absolute Gasteiger partial charge is 0.485 e. The van der Waals surface area contributed by atoms with Crippen molar-refractivity contribution in [3.05, 3.63) is 29.1 Å². The molecule has 0 aliphatic heterocycles. The average molecular weight is 218 g/mol. The van der Waals surface area contributed by atoms with E-state index in [9.17, 15) is 4.39 Å². The number of hydrogen-bond donors (Lipinski definition) is 0. The Bertz CT molecular complexity index is 489. The molecule has 0 saturated heterocycles. The number of ether oxygens (including phenoxy) is 1. The monoisotopic (exact) mass is 218 g/mol. The third kappa shape index (κ3) is 2.71. The van der Waals surface area contributed by atoms with Gasteiger partial charge in [0.2, 0.25) is 0 Å². The lowest BCUT2D eigenvalue weighted by atomic mass is 10.1. The third-order valence-electron chi connectivity index (χ3n) is 1.70. The van der Waals surface area contributed by atoms with Gasteiger partial charge in [0, 0.05) is 6.07 Å². The molecule has 0 radical (unpaired) electrons. The zero-order chi connectivity index (χ0) is 12.3. The van der Waals surface area contributed by atoms with Crippen molar-refractivity contribution in [3.63, 3.8) is 0 Å². The topological polar surface area (TPSA) is 56.8 Å². The molecule has 0 amide bonds. The van der Waals surface area contributed by atoms with E-state index < -0.39 is 11.4 Å². The minimum atomic E-state index is -0.726. The SMILES string of the molecule is CC(C)(C)Oc1cc(C#N)cc(C#N)c1F. The molecule has 0 N–H and O–H groups in total. The number of halogens is 1. The Morgan fingerprint density at radius 2 is 1.81 bits per heavy atom. The molecular weight excluding hydrogens is 207 g/mol. The smallest absolute Gasteiger partial charge is 0.182 e. The van der Waals surface area contributed by atoms with Gasteiger partial charge in [-0.15, -0.1) is 0 Å². The van der Waals surface area contributed by atoms with Gasteiger partial charge in [0.25, 0.3) is 0 Å². The van der Waals surface area contributed by atoms with Crippen molar-refractivity contribution < 1.29 is 9.13 Å². The minimum Gasteiger partial charge on any atom is -0.485 e. The second kappa shape index (κ2) is 4.20. The van der Waals surface area contributed by atoms with Crippen LogP contribution in [0.5, 0.6) is 5.75 Å². The van der Waals surface area contributed by atoms with Gasteiger partial charge in [-0.05, 0) is 26.8 Å². The predicted molar refractivity (Wildman–Crippen MR) is 56.2 cm³/mol. The molecule has 0 fully saturated rings. The fourth-order valence-corrected chi connectivity index (χ4v) is 1.15. The van der Waals surface area contributed by atoms with Crippen LogP contribution in [0.25, 0.3) is 0 Å². The summed E-state index contributed by atoms with van der Waals surface area (Å²) in [5.74, 6) is -0.792. The lowest BCUT2D eigenvalue weighted by molar-refractivity contribution is 0.124. The lowest BCUT2D eigenvalue weighted by Gasteiger charge is -2.21. The van der Waals surface area contributed by atoms with Gasteiger partial charge in [0.05, 0.1) is 17.2 Å². The molecule has 82 valence electrons. The summed E-state index contributed by atoms with van der Waals surface area (Å²) in [4.78, 5) is 0. The molecule has 0 atom stereocenters. The number of nitriles is 2. The van der Waals surface area contributed by atoms with Gasteiger partial charge >= 0.3 is 0 Å². The second-order valence-electron chi connectivity index (χ2n) is 4.27. The molecule has 3 nitrogen and oxygen atoms in total. The first-order valence-corrected chi connectivity index (χ1v) is 4.70. The molecule has 1 aromatic carbocycles. The molecule has 0 saturated carbocycles. The van der Waals surface area contributed by atoms with Gasteiger partial charge in [0.15, 0.2) is 11.6 Å². The molecule has 0 aliphatic rings. The summed E-state index contributed by atoms with van der Waals surface area (Å²) in [6, 6.07) is 6.04. The van der Waals surface area contributed by atoms with Crippen LogP contribution in [0.2, 0.25) is 0 Å². The van der Waals surface area contributed by atoms with E-state index in [4.69, 9.17) is 15.3 Å². The predicted octanol–water partition coefficient (Wildman–Crippen LogP) is 2.75. The first-order valence-electron chi connectivity index (χ1n) is 4.70. The maximum absolute atomic E-state index is 13.7. The van der Waals surface area contributed by atoms with Crippen molar-refractivity contribution in [2.45, 2.75) is 26.4 Å². The first-order chi connectivity index (χ1) is 7.37. The Morgan fingerprint density at radius 1 is 1.19 bits per heavy atom. The van der Waals surface area contributed by atoms with E-state index in [0.717, 1.165) is 0 Å². The highest BCUT2D eigenvalue weighted by Crippen LogP contribution is 2.26. The molecule has 16 heavy (non-hydrogen) atoms. The summed E-state index contributed by atoms with van der Waals surface area (Å²) >= 11 is 0. The van der Waals surface area contributed by atoms with Crippen molar-refractivity contribution >= 4 is 0 Å². The van der Waals surface area contributed by atoms with Gasteiger partial charge in [-0.25, -0.2) is 4.39 Å². The van der Waals surface area contributed by atoms with Crippen LogP contribution in [0.1, 0.15) is 31.9 Å². The molecule has 1 rings (SSSR count). The van der Waals surface area contributed by atoms with Crippen LogP contribution < -0.4 is 4.74 Å². The van der Waals surface area contributed by atoms with E-state index in [0.29, 0.717) is 0 Å². The molecule has 0 unspecified atom stereocenters. The average Bonchev–Trinajstić information content (AvgIpc) is 2.19. The standard InChI is InChI=1S/C12H11FN2O/c1-12(2,3)16-10-5-8(6-14)4-9(7-15)11(10)13/h4-5H,1-3H3. The van der Waals surface area contributed by atoms with Crippen LogP contribution in [-0.2, 0) is 0 Å². The minimum absolute atomic E-state index is 0.0666. The molecular formula is C12H11FN2O. The Hall–Kier alpha value is -2.07. The third-order valence-corrected chi connectivity index (χ3v) is 1.70. The van der Waals surface area contributed by atoms with E-state index in [1.54, 1.807) is 26.8 Å². The molecule has 0 aromatic heterocycles. The van der Waals surface area contributed by atoms with Gasteiger partial charge in [-0.1, -0.05) is 0 Å². The van der Waals surface area contributed by atoms with Gasteiger partial charge in [-0.2, -0.15) is 10.5 Å². The summed E-state index contributed by atoms with van der Waals surface area (Å²) in [7, 11) is 0. The van der Waals surface area contributed by atoms with E-state index in [-0.39, 0.29) is 16.9 Å². The molecule has 4 heteroatoms. The highest BCUT2D eigenvalue weighted by molar-refractivity contribution is 5.47. The summed E-state index contributed by atoms with van der Waals surface area (Å²) in [5.41, 5.74) is -0.558. The Kier molecular flexibility index (Phi) is 3.15. The van der Waals surface area contributed by atoms with E-state index in [1.807, 2.05) is 6.07 Å². The van der Waals surface area contributed by atoms with Crippen LogP contribution in [0.4, 0.5) is 4.39 Å². The van der Waals surface area contributed by atoms with Crippen molar-refractivity contribution in [2.75, 3.05) is 0 Å². The molecule has 0 bridgehead atoms. The summed E-state index contributed by atoms with van der Waals surface area (Å²) in [5, 5.41) is 17.4. The van der Waals surface area contributed by atoms with Crippen LogP contribution in [-0.4, -0.2) is 5.60 Å². The fraction of sp³-hybridized carbons (Fsp3) is 0.333. The summed E-state index contributed by atoms with van der Waals surface area (Å²) < 4.78 is 19.0. The Balaban J connectivity index is 3.30. The van der Waals surface area contributed by atoms with Crippen LogP contribution in [0.15, 0.2) is 12.1 Å². The Morgan fingerprint density at radius 3 is 2.25 bits per heavy atom. The van der Waals surface area contributed by atoms with Gasteiger partial charge in [-0.3, -0.25) is 0 Å². The van der Waals surface area contributed by atoms with Crippen LogP contribution in [0.3, 0.4) is 0 Å². The highest BCUT2D eigenvalue weighted by Gasteiger charge is 2.18. The van der Waals surface area contributed by atoms with Crippen molar-refractivity contribution in [1.82, 2.24) is 0 Å². The van der Waals surface area contributed by atoms with Gasteiger partial charge < -0.3 is 4.74 Å². The summed E-state index contributed by atoms with van der Waals surface area (Å²) in [6.07, 6.45) is 0. The molecule has 0 spiro atoms. The lowest BCUT2D eigenvalue weighted by Crippen LogP contribution is -2.23. The molecule has 0 heterocycles. The van der Waals surface area contributed by atoms with Crippen molar-refractivity contribution in [3.8, 4) is 17.9 Å². The van der Waals surface area contributed by atoms with E-state index in [2.05, 4.69) is 0 Å². The Labute approximate surface area is 93.7 Å². The van der Waals surface area contributed by atoms with Crippen LogP contribution >= 0.6 is 0 Å². The van der Waals surface area contributed by atoms with Gasteiger partial charge in [0.1, 0.15) is 11.7 Å². The summed E-state index contributed by atoms with van der Waals surface area (Å²) in [6.45, 7) is 5.28. The number of hydrogen-bond acceptors (Lipinski definition) is 3. The molecule has 1 aromatic rings. The zero-order valence-electron chi connectivity index (χ0n) is 9.34. The van der Waals surface area contributed by atoms with Crippen molar-refractivity contribution in [2.24, 2.45) is 0 Å².